The van der Waals surface area contributed by atoms with Crippen molar-refractivity contribution in [3.63, 3.8) is 0 Å². The Balaban J connectivity index is 2.67. The third kappa shape index (κ3) is 3.76. The van der Waals surface area contributed by atoms with Crippen molar-refractivity contribution in [3.8, 4) is 12.3 Å². The topological polar surface area (TPSA) is 41.1 Å². The third-order valence-corrected chi connectivity index (χ3v) is 2.06. The lowest BCUT2D eigenvalue weighted by atomic mass is 10.2. The second-order valence-electron chi connectivity index (χ2n) is 3.41. The minimum absolute atomic E-state index is 0.0617. The number of amides is 1. The first-order valence-corrected chi connectivity index (χ1v) is 4.97. The van der Waals surface area contributed by atoms with Gasteiger partial charge >= 0.3 is 0 Å². The lowest BCUT2D eigenvalue weighted by Crippen LogP contribution is -2.37. The molecule has 17 heavy (non-hydrogen) atoms. The molecule has 1 amide bonds. The van der Waals surface area contributed by atoms with Crippen LogP contribution in [0.15, 0.2) is 18.2 Å². The molecule has 0 heterocycles. The molecule has 0 fully saturated rings. The van der Waals surface area contributed by atoms with Crippen LogP contribution in [0.4, 0.5) is 14.5 Å². The van der Waals surface area contributed by atoms with Crippen LogP contribution >= 0.6 is 0 Å². The van der Waals surface area contributed by atoms with Gasteiger partial charge in [0, 0.05) is 0 Å². The Morgan fingerprint density at radius 1 is 1.53 bits per heavy atom. The summed E-state index contributed by atoms with van der Waals surface area (Å²) in [6, 6.07) is 2.27. The number of carbonyl (C=O) groups excluding carboxylic acids is 1. The fourth-order valence-electron chi connectivity index (χ4n) is 1.20. The summed E-state index contributed by atoms with van der Waals surface area (Å²) in [5, 5.41) is 5.00. The van der Waals surface area contributed by atoms with E-state index in [4.69, 9.17) is 6.42 Å². The summed E-state index contributed by atoms with van der Waals surface area (Å²) in [5.74, 6) is 0.660. The Labute approximate surface area is 98.2 Å². The predicted molar refractivity (Wildman–Crippen MR) is 61.3 cm³/mol. The summed E-state index contributed by atoms with van der Waals surface area (Å²) in [6.45, 7) is 1.62. The van der Waals surface area contributed by atoms with Crippen LogP contribution in [0.2, 0.25) is 0 Å². The standard InChI is InChI=1S/C12H12F2N2O/c1-3-6-15-12(17)8(2)16-11-7-9(13)4-5-10(11)14/h1,4-5,7-8,16H,6H2,2H3,(H,15,17). The molecule has 0 aliphatic heterocycles. The number of hydrogen-bond donors (Lipinski definition) is 2. The smallest absolute Gasteiger partial charge is 0.242 e. The molecule has 1 atom stereocenters. The highest BCUT2D eigenvalue weighted by molar-refractivity contribution is 5.84. The van der Waals surface area contributed by atoms with Gasteiger partial charge in [0.05, 0.1) is 12.2 Å². The summed E-state index contributed by atoms with van der Waals surface area (Å²) in [4.78, 5) is 11.4. The van der Waals surface area contributed by atoms with Gasteiger partial charge < -0.3 is 10.6 Å². The zero-order valence-corrected chi connectivity index (χ0v) is 9.26. The largest absolute Gasteiger partial charge is 0.371 e. The third-order valence-electron chi connectivity index (χ3n) is 2.06. The molecule has 5 heteroatoms. The molecule has 1 aromatic rings. The molecule has 2 N–H and O–H groups in total. The van der Waals surface area contributed by atoms with E-state index in [-0.39, 0.29) is 18.1 Å². The van der Waals surface area contributed by atoms with E-state index in [1.807, 2.05) is 0 Å². The second kappa shape index (κ2) is 5.85. The highest BCUT2D eigenvalue weighted by Gasteiger charge is 2.13. The van der Waals surface area contributed by atoms with Crippen molar-refractivity contribution >= 4 is 11.6 Å². The average Bonchev–Trinajstić information content (AvgIpc) is 2.30. The Hall–Kier alpha value is -2.09. The van der Waals surface area contributed by atoms with E-state index in [0.29, 0.717) is 0 Å². The molecule has 0 bridgehead atoms. The van der Waals surface area contributed by atoms with Crippen LogP contribution in [0.25, 0.3) is 0 Å². The zero-order valence-electron chi connectivity index (χ0n) is 9.26. The first kappa shape index (κ1) is 13.0. The van der Waals surface area contributed by atoms with E-state index < -0.39 is 17.7 Å². The SMILES string of the molecule is C#CCNC(=O)C(C)Nc1cc(F)ccc1F. The van der Waals surface area contributed by atoms with Crippen LogP contribution in [0.5, 0.6) is 0 Å². The van der Waals surface area contributed by atoms with Crippen molar-refractivity contribution < 1.29 is 13.6 Å². The van der Waals surface area contributed by atoms with Crippen LogP contribution in [-0.2, 0) is 4.79 Å². The van der Waals surface area contributed by atoms with E-state index in [1.54, 1.807) is 0 Å². The maximum atomic E-state index is 13.3. The number of rotatable bonds is 4. The molecular weight excluding hydrogens is 226 g/mol. The minimum atomic E-state index is -0.709. The van der Waals surface area contributed by atoms with Crippen molar-refractivity contribution in [1.82, 2.24) is 5.32 Å². The van der Waals surface area contributed by atoms with E-state index in [2.05, 4.69) is 16.6 Å². The van der Waals surface area contributed by atoms with E-state index in [9.17, 15) is 13.6 Å². The van der Waals surface area contributed by atoms with Crippen molar-refractivity contribution in [2.24, 2.45) is 0 Å². The molecule has 0 aromatic heterocycles. The summed E-state index contributed by atoms with van der Waals surface area (Å²) < 4.78 is 26.1. The van der Waals surface area contributed by atoms with Crippen molar-refractivity contribution in [2.45, 2.75) is 13.0 Å². The molecule has 0 spiro atoms. The summed E-state index contributed by atoms with van der Waals surface area (Å²) in [5.41, 5.74) is -0.0617. The number of hydrogen-bond acceptors (Lipinski definition) is 2. The number of anilines is 1. The quantitative estimate of drug-likeness (QED) is 0.781. The molecule has 0 radical (unpaired) electrons. The Kier molecular flexibility index (Phi) is 4.46. The molecule has 0 aliphatic rings. The molecule has 0 aliphatic carbocycles. The highest BCUT2D eigenvalue weighted by atomic mass is 19.1. The fraction of sp³-hybridized carbons (Fsp3) is 0.250. The van der Waals surface area contributed by atoms with Gasteiger partial charge in [-0.3, -0.25) is 4.79 Å². The number of halogens is 2. The number of terminal acetylenes is 1. The van der Waals surface area contributed by atoms with Crippen LogP contribution in [-0.4, -0.2) is 18.5 Å². The normalized spacial score (nSPS) is 11.4. The average molecular weight is 238 g/mol. The fourth-order valence-corrected chi connectivity index (χ4v) is 1.20. The van der Waals surface area contributed by atoms with Crippen molar-refractivity contribution in [3.05, 3.63) is 29.8 Å². The van der Waals surface area contributed by atoms with Crippen LogP contribution in [0.3, 0.4) is 0 Å². The maximum absolute atomic E-state index is 13.3. The van der Waals surface area contributed by atoms with Crippen molar-refractivity contribution in [2.75, 3.05) is 11.9 Å². The number of benzene rings is 1. The van der Waals surface area contributed by atoms with Gasteiger partial charge in [-0.2, -0.15) is 0 Å². The van der Waals surface area contributed by atoms with E-state index in [0.717, 1.165) is 18.2 Å². The van der Waals surface area contributed by atoms with Crippen LogP contribution in [0, 0.1) is 24.0 Å². The Morgan fingerprint density at radius 2 is 2.24 bits per heavy atom. The molecule has 90 valence electrons. The first-order valence-electron chi connectivity index (χ1n) is 4.97. The van der Waals surface area contributed by atoms with Gasteiger partial charge in [-0.1, -0.05) is 5.92 Å². The van der Waals surface area contributed by atoms with Crippen LogP contribution < -0.4 is 10.6 Å². The van der Waals surface area contributed by atoms with E-state index in [1.165, 1.54) is 6.92 Å². The molecule has 3 nitrogen and oxygen atoms in total. The van der Waals surface area contributed by atoms with Crippen LogP contribution in [0.1, 0.15) is 6.92 Å². The number of nitrogens with one attached hydrogen (secondary N) is 2. The van der Waals surface area contributed by atoms with Gasteiger partial charge in [0.15, 0.2) is 0 Å². The van der Waals surface area contributed by atoms with Gasteiger partial charge in [-0.05, 0) is 25.1 Å². The van der Waals surface area contributed by atoms with Gasteiger partial charge in [-0.25, -0.2) is 8.78 Å². The highest BCUT2D eigenvalue weighted by Crippen LogP contribution is 2.16. The monoisotopic (exact) mass is 238 g/mol. The lowest BCUT2D eigenvalue weighted by Gasteiger charge is -2.14. The van der Waals surface area contributed by atoms with Gasteiger partial charge in [0.1, 0.15) is 17.7 Å². The minimum Gasteiger partial charge on any atom is -0.371 e. The summed E-state index contributed by atoms with van der Waals surface area (Å²) in [7, 11) is 0. The van der Waals surface area contributed by atoms with Gasteiger partial charge in [-0.15, -0.1) is 6.42 Å². The molecule has 1 rings (SSSR count). The predicted octanol–water partition coefficient (Wildman–Crippen LogP) is 1.51. The molecule has 1 unspecified atom stereocenters. The second-order valence-corrected chi connectivity index (χ2v) is 3.41. The molecule has 0 saturated heterocycles. The zero-order chi connectivity index (χ0) is 12.8. The summed E-state index contributed by atoms with van der Waals surface area (Å²) >= 11 is 0. The molecule has 1 aromatic carbocycles. The Bertz CT molecular complexity index is 454. The molecular formula is C12H12F2N2O. The Morgan fingerprint density at radius 3 is 2.88 bits per heavy atom. The van der Waals surface area contributed by atoms with E-state index >= 15 is 0 Å². The number of carbonyl (C=O) groups is 1. The first-order chi connectivity index (χ1) is 8.04. The maximum Gasteiger partial charge on any atom is 0.242 e. The lowest BCUT2D eigenvalue weighted by molar-refractivity contribution is -0.121. The summed E-state index contributed by atoms with van der Waals surface area (Å²) in [6.07, 6.45) is 4.98. The van der Waals surface area contributed by atoms with Gasteiger partial charge in [0.2, 0.25) is 5.91 Å². The van der Waals surface area contributed by atoms with Crippen molar-refractivity contribution in [1.29, 1.82) is 0 Å². The van der Waals surface area contributed by atoms with Gasteiger partial charge in [0.25, 0.3) is 0 Å². The molecule has 0 saturated carbocycles.